The first-order valence-electron chi connectivity index (χ1n) is 6.59. The van der Waals surface area contributed by atoms with Crippen molar-refractivity contribution in [2.75, 3.05) is 46.4 Å². The van der Waals surface area contributed by atoms with E-state index >= 15 is 0 Å². The average molecular weight is 250 g/mol. The molecule has 0 unspecified atom stereocenters. The van der Waals surface area contributed by atoms with Crippen molar-refractivity contribution in [3.05, 3.63) is 24.3 Å². The van der Waals surface area contributed by atoms with E-state index in [-0.39, 0.29) is 0 Å². The summed E-state index contributed by atoms with van der Waals surface area (Å²) >= 11 is 0. The van der Waals surface area contributed by atoms with Gasteiger partial charge in [0.05, 0.1) is 7.11 Å². The van der Waals surface area contributed by atoms with Crippen molar-refractivity contribution in [3.63, 3.8) is 0 Å². The van der Waals surface area contributed by atoms with Gasteiger partial charge in [-0.15, -0.1) is 0 Å². The van der Waals surface area contributed by atoms with Crippen molar-refractivity contribution < 1.29 is 9.47 Å². The summed E-state index contributed by atoms with van der Waals surface area (Å²) in [6, 6.07) is 7.79. The Morgan fingerprint density at radius 1 is 1.17 bits per heavy atom. The lowest BCUT2D eigenvalue weighted by Gasteiger charge is -2.19. The maximum Gasteiger partial charge on any atom is 0.161 e. The van der Waals surface area contributed by atoms with Gasteiger partial charge >= 0.3 is 0 Å². The van der Waals surface area contributed by atoms with E-state index in [4.69, 9.17) is 9.47 Å². The molecule has 1 heterocycles. The third kappa shape index (κ3) is 3.89. The summed E-state index contributed by atoms with van der Waals surface area (Å²) in [7, 11) is 1.67. The van der Waals surface area contributed by atoms with Crippen LogP contribution in [0.2, 0.25) is 0 Å². The minimum Gasteiger partial charge on any atom is -0.493 e. The van der Waals surface area contributed by atoms with Crippen LogP contribution in [0.1, 0.15) is 6.42 Å². The summed E-state index contributed by atoms with van der Waals surface area (Å²) in [4.78, 5) is 2.44. The van der Waals surface area contributed by atoms with Gasteiger partial charge in [-0.25, -0.2) is 0 Å². The number of para-hydroxylation sites is 2. The quantitative estimate of drug-likeness (QED) is 0.856. The van der Waals surface area contributed by atoms with Crippen molar-refractivity contribution in [2.45, 2.75) is 6.42 Å². The van der Waals surface area contributed by atoms with Gasteiger partial charge in [0.15, 0.2) is 11.5 Å². The Morgan fingerprint density at radius 3 is 2.83 bits per heavy atom. The number of methoxy groups -OCH3 is 1. The predicted molar refractivity (Wildman–Crippen MR) is 72.4 cm³/mol. The van der Waals surface area contributed by atoms with Gasteiger partial charge in [0.25, 0.3) is 0 Å². The molecule has 18 heavy (non-hydrogen) atoms. The minimum atomic E-state index is 0.709. The monoisotopic (exact) mass is 250 g/mol. The Bertz CT molecular complexity index is 349. The van der Waals surface area contributed by atoms with E-state index in [0.29, 0.717) is 6.61 Å². The molecule has 4 nitrogen and oxygen atoms in total. The molecule has 1 saturated heterocycles. The Balaban J connectivity index is 1.77. The molecule has 0 saturated carbocycles. The van der Waals surface area contributed by atoms with Crippen LogP contribution in [0.15, 0.2) is 24.3 Å². The van der Waals surface area contributed by atoms with Crippen LogP contribution in [0.5, 0.6) is 11.5 Å². The summed E-state index contributed by atoms with van der Waals surface area (Å²) in [5.74, 6) is 1.63. The van der Waals surface area contributed by atoms with Gasteiger partial charge in [-0.1, -0.05) is 12.1 Å². The number of rotatable bonds is 5. The maximum atomic E-state index is 5.78. The van der Waals surface area contributed by atoms with Crippen LogP contribution in [0, 0.1) is 0 Å². The molecule has 0 spiro atoms. The van der Waals surface area contributed by atoms with Crippen LogP contribution in [0.3, 0.4) is 0 Å². The van der Waals surface area contributed by atoms with Gasteiger partial charge in [-0.2, -0.15) is 0 Å². The second-order valence-electron chi connectivity index (χ2n) is 4.44. The molecule has 1 N–H and O–H groups in total. The van der Waals surface area contributed by atoms with Crippen LogP contribution in [-0.2, 0) is 0 Å². The van der Waals surface area contributed by atoms with E-state index < -0.39 is 0 Å². The molecule has 1 aromatic rings. The summed E-state index contributed by atoms with van der Waals surface area (Å²) in [6.45, 7) is 6.15. The number of nitrogens with one attached hydrogen (secondary N) is 1. The molecular formula is C14H22N2O2. The molecule has 0 bridgehead atoms. The Hall–Kier alpha value is -1.26. The highest BCUT2D eigenvalue weighted by Gasteiger charge is 2.09. The smallest absolute Gasteiger partial charge is 0.161 e. The SMILES string of the molecule is COc1ccccc1OCCN1CCCNCC1. The fraction of sp³-hybridized carbons (Fsp3) is 0.571. The average Bonchev–Trinajstić information content (AvgIpc) is 2.68. The molecule has 0 aliphatic carbocycles. The summed E-state index contributed by atoms with van der Waals surface area (Å²) in [5, 5.41) is 3.40. The molecule has 0 amide bonds. The highest BCUT2D eigenvalue weighted by Crippen LogP contribution is 2.25. The van der Waals surface area contributed by atoms with E-state index in [2.05, 4.69) is 10.2 Å². The topological polar surface area (TPSA) is 33.7 Å². The number of ether oxygens (including phenoxy) is 2. The maximum absolute atomic E-state index is 5.78. The fourth-order valence-electron chi connectivity index (χ4n) is 2.15. The Kier molecular flexibility index (Phi) is 5.30. The van der Waals surface area contributed by atoms with Crippen LogP contribution in [0.25, 0.3) is 0 Å². The zero-order chi connectivity index (χ0) is 12.6. The number of benzene rings is 1. The molecule has 1 fully saturated rings. The van der Waals surface area contributed by atoms with E-state index in [1.54, 1.807) is 7.11 Å². The Morgan fingerprint density at radius 2 is 2.00 bits per heavy atom. The van der Waals surface area contributed by atoms with Gasteiger partial charge in [-0.3, -0.25) is 4.90 Å². The van der Waals surface area contributed by atoms with Gasteiger partial charge in [0.1, 0.15) is 6.61 Å². The van der Waals surface area contributed by atoms with E-state index in [1.807, 2.05) is 24.3 Å². The van der Waals surface area contributed by atoms with Gasteiger partial charge in [0, 0.05) is 19.6 Å². The molecule has 2 rings (SSSR count). The largest absolute Gasteiger partial charge is 0.493 e. The highest BCUT2D eigenvalue weighted by atomic mass is 16.5. The second-order valence-corrected chi connectivity index (χ2v) is 4.44. The summed E-state index contributed by atoms with van der Waals surface area (Å²) in [6.07, 6.45) is 1.22. The van der Waals surface area contributed by atoms with E-state index in [9.17, 15) is 0 Å². The van der Waals surface area contributed by atoms with Gasteiger partial charge in [-0.05, 0) is 31.6 Å². The highest BCUT2D eigenvalue weighted by molar-refractivity contribution is 5.39. The predicted octanol–water partition coefficient (Wildman–Crippen LogP) is 1.37. The van der Waals surface area contributed by atoms with Crippen molar-refractivity contribution in [2.24, 2.45) is 0 Å². The third-order valence-electron chi connectivity index (χ3n) is 3.17. The first-order valence-corrected chi connectivity index (χ1v) is 6.59. The molecule has 1 aliphatic rings. The minimum absolute atomic E-state index is 0.709. The van der Waals surface area contributed by atoms with E-state index in [1.165, 1.54) is 6.42 Å². The van der Waals surface area contributed by atoms with E-state index in [0.717, 1.165) is 44.2 Å². The van der Waals surface area contributed by atoms with Crippen molar-refractivity contribution in [1.82, 2.24) is 10.2 Å². The lowest BCUT2D eigenvalue weighted by Crippen LogP contribution is -2.31. The zero-order valence-electron chi connectivity index (χ0n) is 11.0. The molecule has 0 atom stereocenters. The standard InChI is InChI=1S/C14H22N2O2/c1-17-13-5-2-3-6-14(13)18-12-11-16-9-4-7-15-8-10-16/h2-3,5-6,15H,4,7-12H2,1H3. The fourth-order valence-corrected chi connectivity index (χ4v) is 2.15. The molecule has 100 valence electrons. The molecule has 4 heteroatoms. The zero-order valence-corrected chi connectivity index (χ0v) is 11.0. The van der Waals surface area contributed by atoms with Crippen LogP contribution in [-0.4, -0.2) is 51.3 Å². The summed E-state index contributed by atoms with van der Waals surface area (Å²) < 4.78 is 11.0. The lowest BCUT2D eigenvalue weighted by molar-refractivity contribution is 0.212. The van der Waals surface area contributed by atoms with Crippen molar-refractivity contribution in [3.8, 4) is 11.5 Å². The molecular weight excluding hydrogens is 228 g/mol. The normalized spacial score (nSPS) is 17.2. The Labute approximate surface area is 109 Å². The first kappa shape index (κ1) is 13.2. The lowest BCUT2D eigenvalue weighted by atomic mass is 10.3. The van der Waals surface area contributed by atoms with Gasteiger partial charge < -0.3 is 14.8 Å². The van der Waals surface area contributed by atoms with Crippen molar-refractivity contribution in [1.29, 1.82) is 0 Å². The van der Waals surface area contributed by atoms with Crippen LogP contribution < -0.4 is 14.8 Å². The van der Waals surface area contributed by atoms with Gasteiger partial charge in [0.2, 0.25) is 0 Å². The summed E-state index contributed by atoms with van der Waals surface area (Å²) in [5.41, 5.74) is 0. The van der Waals surface area contributed by atoms with Crippen LogP contribution >= 0.6 is 0 Å². The molecule has 1 aromatic carbocycles. The number of nitrogens with zero attached hydrogens (tertiary/aromatic N) is 1. The molecule has 0 aromatic heterocycles. The number of hydrogen-bond acceptors (Lipinski definition) is 4. The van der Waals surface area contributed by atoms with Crippen LogP contribution in [0.4, 0.5) is 0 Å². The second kappa shape index (κ2) is 7.24. The molecule has 0 radical (unpaired) electrons. The van der Waals surface area contributed by atoms with Crippen molar-refractivity contribution >= 4 is 0 Å². The number of hydrogen-bond donors (Lipinski definition) is 1. The molecule has 1 aliphatic heterocycles. The third-order valence-corrected chi connectivity index (χ3v) is 3.17. The first-order chi connectivity index (χ1) is 8.90.